The fourth-order valence-electron chi connectivity index (χ4n) is 4.28. The topological polar surface area (TPSA) is 62.2 Å². The third-order valence-electron chi connectivity index (χ3n) is 6.02. The molecule has 0 saturated carbocycles. The molecular weight excluding hydrogens is 415 g/mol. The molecule has 6 heteroatoms. The second-order valence-corrected chi connectivity index (χ2v) is 8.44. The van der Waals surface area contributed by atoms with Gasteiger partial charge in [-0.3, -0.25) is 4.79 Å². The van der Waals surface area contributed by atoms with Crippen LogP contribution in [-0.4, -0.2) is 26.8 Å². The molecular formula is C27H25FN4O. The van der Waals surface area contributed by atoms with Crippen LogP contribution in [-0.2, 0) is 17.6 Å². The van der Waals surface area contributed by atoms with Crippen LogP contribution in [0.25, 0.3) is 27.8 Å². The van der Waals surface area contributed by atoms with Crippen molar-refractivity contribution in [1.29, 1.82) is 0 Å². The Bertz CT molecular complexity index is 1480. The minimum Gasteiger partial charge on any atom is -0.361 e. The van der Waals surface area contributed by atoms with Crippen LogP contribution in [0.3, 0.4) is 0 Å². The van der Waals surface area contributed by atoms with E-state index in [-0.39, 0.29) is 18.1 Å². The lowest BCUT2D eigenvalue weighted by molar-refractivity contribution is -0.120. The Labute approximate surface area is 191 Å². The van der Waals surface area contributed by atoms with Gasteiger partial charge in [-0.05, 0) is 67.3 Å². The summed E-state index contributed by atoms with van der Waals surface area (Å²) in [5.41, 5.74) is 6.96. The molecule has 0 radical (unpaired) electrons. The molecule has 0 aliphatic rings. The van der Waals surface area contributed by atoms with Crippen LogP contribution in [0.5, 0.6) is 0 Å². The zero-order chi connectivity index (χ0) is 22.9. The average Bonchev–Trinajstić information content (AvgIpc) is 3.37. The van der Waals surface area contributed by atoms with Crippen molar-refractivity contribution in [3.63, 3.8) is 0 Å². The monoisotopic (exact) mass is 440 g/mol. The zero-order valence-electron chi connectivity index (χ0n) is 18.7. The molecule has 3 heterocycles. The molecule has 5 rings (SSSR count). The summed E-state index contributed by atoms with van der Waals surface area (Å²) in [5, 5.41) is 4.23. The number of halogens is 1. The van der Waals surface area contributed by atoms with E-state index < -0.39 is 0 Å². The first-order valence-corrected chi connectivity index (χ1v) is 11.1. The van der Waals surface area contributed by atoms with Gasteiger partial charge in [0.2, 0.25) is 5.91 Å². The molecule has 5 aromatic rings. The number of aryl methyl sites for hydroxylation is 2. The number of para-hydroxylation sites is 1. The van der Waals surface area contributed by atoms with Gasteiger partial charge in [-0.25, -0.2) is 9.37 Å². The number of carbonyl (C=O) groups is 1. The van der Waals surface area contributed by atoms with E-state index in [4.69, 9.17) is 4.98 Å². The number of amides is 1. The number of H-pyrrole nitrogens is 1. The minimum absolute atomic E-state index is 0.0711. The number of rotatable bonds is 6. The number of benzene rings is 2. The highest BCUT2D eigenvalue weighted by Gasteiger charge is 2.18. The molecule has 33 heavy (non-hydrogen) atoms. The van der Waals surface area contributed by atoms with Crippen LogP contribution < -0.4 is 5.32 Å². The van der Waals surface area contributed by atoms with Crippen LogP contribution >= 0.6 is 0 Å². The van der Waals surface area contributed by atoms with Crippen LogP contribution in [0.2, 0.25) is 0 Å². The number of carbonyl (C=O) groups excluding carboxylic acids is 1. The van der Waals surface area contributed by atoms with E-state index in [0.29, 0.717) is 17.8 Å². The molecule has 0 unspecified atom stereocenters. The molecule has 0 aliphatic carbocycles. The predicted octanol–water partition coefficient (Wildman–Crippen LogP) is 5.14. The number of imidazole rings is 1. The van der Waals surface area contributed by atoms with Crippen molar-refractivity contribution in [1.82, 2.24) is 19.7 Å². The van der Waals surface area contributed by atoms with Gasteiger partial charge in [0, 0.05) is 35.4 Å². The molecule has 2 N–H and O–H groups in total. The van der Waals surface area contributed by atoms with Crippen molar-refractivity contribution in [3.8, 4) is 11.3 Å². The lowest BCUT2D eigenvalue weighted by atomic mass is 10.1. The fourth-order valence-corrected chi connectivity index (χ4v) is 4.28. The first-order chi connectivity index (χ1) is 16.0. The maximum absolute atomic E-state index is 13.8. The van der Waals surface area contributed by atoms with E-state index in [0.717, 1.165) is 34.4 Å². The van der Waals surface area contributed by atoms with Gasteiger partial charge in [-0.15, -0.1) is 0 Å². The van der Waals surface area contributed by atoms with E-state index in [1.165, 1.54) is 17.0 Å². The lowest BCUT2D eigenvalue weighted by Gasteiger charge is -2.08. The van der Waals surface area contributed by atoms with Crippen LogP contribution in [0, 0.1) is 19.7 Å². The number of hydrogen-bond acceptors (Lipinski definition) is 2. The van der Waals surface area contributed by atoms with Crippen molar-refractivity contribution in [2.24, 2.45) is 0 Å². The zero-order valence-corrected chi connectivity index (χ0v) is 18.7. The van der Waals surface area contributed by atoms with Gasteiger partial charge in [0.15, 0.2) is 0 Å². The number of fused-ring (bicyclic) bond motifs is 2. The Balaban J connectivity index is 1.38. The summed E-state index contributed by atoms with van der Waals surface area (Å²) in [5.74, 6) is -0.326. The summed E-state index contributed by atoms with van der Waals surface area (Å²) in [4.78, 5) is 20.9. The second kappa shape index (κ2) is 8.54. The molecule has 2 aromatic carbocycles. The molecule has 0 aliphatic heterocycles. The largest absolute Gasteiger partial charge is 0.361 e. The molecule has 0 bridgehead atoms. The normalized spacial score (nSPS) is 11.4. The van der Waals surface area contributed by atoms with E-state index in [9.17, 15) is 9.18 Å². The third-order valence-corrected chi connectivity index (χ3v) is 6.02. The molecule has 0 spiro atoms. The summed E-state index contributed by atoms with van der Waals surface area (Å²) < 4.78 is 15.8. The van der Waals surface area contributed by atoms with Gasteiger partial charge < -0.3 is 14.7 Å². The Kier molecular flexibility index (Phi) is 5.42. The van der Waals surface area contributed by atoms with E-state index in [2.05, 4.69) is 16.4 Å². The van der Waals surface area contributed by atoms with Crippen molar-refractivity contribution in [3.05, 3.63) is 95.2 Å². The second-order valence-electron chi connectivity index (χ2n) is 8.44. The van der Waals surface area contributed by atoms with E-state index >= 15 is 0 Å². The summed E-state index contributed by atoms with van der Waals surface area (Å²) in [6, 6.07) is 17.0. The van der Waals surface area contributed by atoms with E-state index in [1.807, 2.05) is 54.0 Å². The number of pyridine rings is 1. The SMILES string of the molecule is Cc1ccc2nc(-c3ccc(F)c(C)c3)c(CC(=O)NCCc3c[nH]c4ccccc34)n2c1. The number of nitrogens with zero attached hydrogens (tertiary/aromatic N) is 2. The summed E-state index contributed by atoms with van der Waals surface area (Å²) in [7, 11) is 0. The highest BCUT2D eigenvalue weighted by molar-refractivity contribution is 5.84. The Hall–Kier alpha value is -3.93. The first-order valence-electron chi connectivity index (χ1n) is 11.1. The maximum atomic E-state index is 13.8. The molecule has 5 nitrogen and oxygen atoms in total. The summed E-state index contributed by atoms with van der Waals surface area (Å²) >= 11 is 0. The quantitative estimate of drug-likeness (QED) is 0.384. The van der Waals surface area contributed by atoms with Crippen molar-refractivity contribution < 1.29 is 9.18 Å². The van der Waals surface area contributed by atoms with Crippen molar-refractivity contribution >= 4 is 22.5 Å². The molecule has 0 fully saturated rings. The molecule has 3 aromatic heterocycles. The van der Waals surface area contributed by atoms with Gasteiger partial charge in [-0.1, -0.05) is 24.3 Å². The van der Waals surface area contributed by atoms with Gasteiger partial charge in [0.05, 0.1) is 17.8 Å². The summed E-state index contributed by atoms with van der Waals surface area (Å²) in [6.07, 6.45) is 4.91. The maximum Gasteiger partial charge on any atom is 0.226 e. The first kappa shape index (κ1) is 20.9. The van der Waals surface area contributed by atoms with Crippen LogP contribution in [0.15, 0.2) is 67.0 Å². The van der Waals surface area contributed by atoms with E-state index in [1.54, 1.807) is 19.1 Å². The Morgan fingerprint density at radius 1 is 1.12 bits per heavy atom. The van der Waals surface area contributed by atoms with Crippen LogP contribution in [0.1, 0.15) is 22.4 Å². The number of nitrogens with one attached hydrogen (secondary N) is 2. The fraction of sp³-hybridized carbons (Fsp3) is 0.185. The molecule has 1 amide bonds. The van der Waals surface area contributed by atoms with Crippen LogP contribution in [0.4, 0.5) is 4.39 Å². The minimum atomic E-state index is -0.255. The number of aromatic nitrogens is 3. The predicted molar refractivity (Wildman–Crippen MR) is 129 cm³/mol. The standard InChI is InChI=1S/C27H25FN4O/c1-17-7-10-25-31-27(19-8-9-22(28)18(2)13-19)24(32(25)16-17)14-26(33)29-12-11-20-15-30-23-6-4-3-5-21(20)23/h3-10,13,15-16,30H,11-12,14H2,1-2H3,(H,29,33). The van der Waals surface area contributed by atoms with Crippen molar-refractivity contribution in [2.75, 3.05) is 6.54 Å². The average molecular weight is 441 g/mol. The van der Waals surface area contributed by atoms with Gasteiger partial charge in [0.1, 0.15) is 11.5 Å². The third kappa shape index (κ3) is 4.12. The smallest absolute Gasteiger partial charge is 0.226 e. The lowest BCUT2D eigenvalue weighted by Crippen LogP contribution is -2.27. The van der Waals surface area contributed by atoms with Gasteiger partial charge >= 0.3 is 0 Å². The molecule has 0 saturated heterocycles. The molecule has 166 valence electrons. The highest BCUT2D eigenvalue weighted by Crippen LogP contribution is 2.27. The number of aromatic amines is 1. The number of hydrogen-bond donors (Lipinski definition) is 2. The Morgan fingerprint density at radius 2 is 1.97 bits per heavy atom. The van der Waals surface area contributed by atoms with Gasteiger partial charge in [-0.2, -0.15) is 0 Å². The molecule has 0 atom stereocenters. The summed E-state index contributed by atoms with van der Waals surface area (Å²) in [6.45, 7) is 4.28. The van der Waals surface area contributed by atoms with Gasteiger partial charge in [0.25, 0.3) is 0 Å². The van der Waals surface area contributed by atoms with Crippen molar-refractivity contribution in [2.45, 2.75) is 26.7 Å². The Morgan fingerprint density at radius 3 is 2.82 bits per heavy atom. The highest BCUT2D eigenvalue weighted by atomic mass is 19.1.